The standard InChI is InChI=1S/C19H24N2OS/c1-21(2)15-9-14-20-19(22)18(16-10-5-3-6-11-16)23-17-12-7-4-8-13-17/h3-8,10-13,18H,9,14-15H2,1-2H3,(H,20,22). The van der Waals surface area contributed by atoms with Crippen molar-refractivity contribution in [3.8, 4) is 0 Å². The number of amides is 1. The molecule has 2 aromatic carbocycles. The van der Waals surface area contributed by atoms with Gasteiger partial charge in [0.1, 0.15) is 5.25 Å². The number of thioether (sulfide) groups is 1. The summed E-state index contributed by atoms with van der Waals surface area (Å²) in [4.78, 5) is 15.9. The van der Waals surface area contributed by atoms with Gasteiger partial charge in [-0.25, -0.2) is 0 Å². The van der Waals surface area contributed by atoms with Crippen LogP contribution >= 0.6 is 11.8 Å². The fraction of sp³-hybridized carbons (Fsp3) is 0.316. The van der Waals surface area contributed by atoms with Gasteiger partial charge >= 0.3 is 0 Å². The van der Waals surface area contributed by atoms with Crippen LogP contribution in [0.4, 0.5) is 0 Å². The molecule has 0 bridgehead atoms. The maximum atomic E-state index is 12.6. The predicted octanol–water partition coefficient (Wildman–Crippen LogP) is 3.59. The molecule has 0 aliphatic rings. The van der Waals surface area contributed by atoms with Crippen molar-refractivity contribution in [3.05, 3.63) is 66.2 Å². The van der Waals surface area contributed by atoms with Crippen LogP contribution in [0.3, 0.4) is 0 Å². The van der Waals surface area contributed by atoms with Crippen molar-refractivity contribution in [2.75, 3.05) is 27.2 Å². The summed E-state index contributed by atoms with van der Waals surface area (Å²) < 4.78 is 0. The third-order valence-electron chi connectivity index (χ3n) is 3.42. The van der Waals surface area contributed by atoms with E-state index in [9.17, 15) is 4.79 Å². The van der Waals surface area contributed by atoms with E-state index in [2.05, 4.69) is 10.2 Å². The summed E-state index contributed by atoms with van der Waals surface area (Å²) in [5.41, 5.74) is 1.03. The third kappa shape index (κ3) is 6.08. The summed E-state index contributed by atoms with van der Waals surface area (Å²) in [5, 5.41) is 2.85. The summed E-state index contributed by atoms with van der Waals surface area (Å²) in [6.07, 6.45) is 0.955. The molecule has 0 aliphatic heterocycles. The summed E-state index contributed by atoms with van der Waals surface area (Å²) in [5.74, 6) is 0.0730. The first-order chi connectivity index (χ1) is 11.2. The zero-order valence-electron chi connectivity index (χ0n) is 13.7. The lowest BCUT2D eigenvalue weighted by Crippen LogP contribution is -2.30. The lowest BCUT2D eigenvalue weighted by atomic mass is 10.1. The summed E-state index contributed by atoms with van der Waals surface area (Å²) in [6, 6.07) is 20.0. The summed E-state index contributed by atoms with van der Waals surface area (Å²) >= 11 is 1.59. The lowest BCUT2D eigenvalue weighted by molar-refractivity contribution is -0.120. The minimum Gasteiger partial charge on any atom is -0.355 e. The van der Waals surface area contributed by atoms with Gasteiger partial charge in [0.15, 0.2) is 0 Å². The fourth-order valence-corrected chi connectivity index (χ4v) is 3.31. The van der Waals surface area contributed by atoms with Gasteiger partial charge in [-0.1, -0.05) is 48.5 Å². The second-order valence-corrected chi connectivity index (χ2v) is 6.85. The van der Waals surface area contributed by atoms with E-state index in [-0.39, 0.29) is 11.2 Å². The molecule has 2 rings (SSSR count). The Morgan fingerprint density at radius 1 is 1.04 bits per heavy atom. The Balaban J connectivity index is 2.03. The molecule has 0 saturated heterocycles. The van der Waals surface area contributed by atoms with E-state index < -0.39 is 0 Å². The average molecular weight is 328 g/mol. The number of nitrogens with zero attached hydrogens (tertiary/aromatic N) is 1. The van der Waals surface area contributed by atoms with Gasteiger partial charge in [0, 0.05) is 11.4 Å². The molecule has 4 heteroatoms. The summed E-state index contributed by atoms with van der Waals surface area (Å²) in [6.45, 7) is 1.68. The third-order valence-corrected chi connectivity index (χ3v) is 4.69. The van der Waals surface area contributed by atoms with Crippen molar-refractivity contribution in [1.82, 2.24) is 10.2 Å². The highest BCUT2D eigenvalue weighted by Gasteiger charge is 2.21. The molecule has 1 atom stereocenters. The molecule has 0 aliphatic carbocycles. The second kappa shape index (κ2) is 9.38. The van der Waals surface area contributed by atoms with Gasteiger partial charge in [-0.15, -0.1) is 11.8 Å². The topological polar surface area (TPSA) is 32.3 Å². The van der Waals surface area contributed by atoms with E-state index in [1.807, 2.05) is 74.8 Å². The first-order valence-corrected chi connectivity index (χ1v) is 8.74. The van der Waals surface area contributed by atoms with E-state index in [0.717, 1.165) is 23.4 Å². The highest BCUT2D eigenvalue weighted by molar-refractivity contribution is 8.00. The van der Waals surface area contributed by atoms with Gasteiger partial charge in [-0.3, -0.25) is 4.79 Å². The van der Waals surface area contributed by atoms with Gasteiger partial charge in [0.05, 0.1) is 0 Å². The van der Waals surface area contributed by atoms with Crippen LogP contribution in [-0.2, 0) is 4.79 Å². The number of carbonyl (C=O) groups excluding carboxylic acids is 1. The van der Waals surface area contributed by atoms with Crippen LogP contribution < -0.4 is 5.32 Å². The molecule has 0 fully saturated rings. The highest BCUT2D eigenvalue weighted by atomic mass is 32.2. The number of hydrogen-bond donors (Lipinski definition) is 1. The van der Waals surface area contributed by atoms with Crippen molar-refractivity contribution < 1.29 is 4.79 Å². The number of benzene rings is 2. The van der Waals surface area contributed by atoms with Crippen LogP contribution in [0, 0.1) is 0 Å². The first kappa shape index (κ1) is 17.6. The largest absolute Gasteiger partial charge is 0.355 e. The zero-order chi connectivity index (χ0) is 16.5. The molecule has 122 valence electrons. The van der Waals surface area contributed by atoms with E-state index in [1.54, 1.807) is 11.8 Å². The van der Waals surface area contributed by atoms with Gasteiger partial charge < -0.3 is 10.2 Å². The molecule has 23 heavy (non-hydrogen) atoms. The Bertz CT molecular complexity index is 587. The molecule has 1 N–H and O–H groups in total. The Morgan fingerprint density at radius 2 is 1.65 bits per heavy atom. The second-order valence-electron chi connectivity index (χ2n) is 5.67. The Hall–Kier alpha value is -1.78. The molecule has 1 amide bonds. The van der Waals surface area contributed by atoms with Gasteiger partial charge in [-0.2, -0.15) is 0 Å². The van der Waals surface area contributed by atoms with E-state index in [0.29, 0.717) is 6.54 Å². The number of nitrogens with one attached hydrogen (secondary N) is 1. The normalized spacial score (nSPS) is 12.1. The molecular weight excluding hydrogens is 304 g/mol. The predicted molar refractivity (Wildman–Crippen MR) is 97.7 cm³/mol. The van der Waals surface area contributed by atoms with E-state index in [4.69, 9.17) is 0 Å². The van der Waals surface area contributed by atoms with Gasteiger partial charge in [0.2, 0.25) is 5.91 Å². The SMILES string of the molecule is CN(C)CCCNC(=O)C(Sc1ccccc1)c1ccccc1. The first-order valence-electron chi connectivity index (χ1n) is 7.86. The van der Waals surface area contributed by atoms with Crippen LogP contribution in [-0.4, -0.2) is 38.0 Å². The maximum Gasteiger partial charge on any atom is 0.237 e. The molecule has 0 radical (unpaired) electrons. The molecule has 0 heterocycles. The van der Waals surface area contributed by atoms with Crippen molar-refractivity contribution in [2.45, 2.75) is 16.6 Å². The van der Waals surface area contributed by atoms with E-state index in [1.165, 1.54) is 0 Å². The number of hydrogen-bond acceptors (Lipinski definition) is 3. The van der Waals surface area contributed by atoms with Crippen LogP contribution in [0.15, 0.2) is 65.6 Å². The van der Waals surface area contributed by atoms with Gasteiger partial charge in [0.25, 0.3) is 0 Å². The Morgan fingerprint density at radius 3 is 2.26 bits per heavy atom. The molecule has 0 spiro atoms. The molecule has 1 unspecified atom stereocenters. The monoisotopic (exact) mass is 328 g/mol. The number of carbonyl (C=O) groups is 1. The molecule has 2 aromatic rings. The minimum atomic E-state index is -0.224. The average Bonchev–Trinajstić information content (AvgIpc) is 2.58. The highest BCUT2D eigenvalue weighted by Crippen LogP contribution is 2.35. The molecular formula is C19H24N2OS. The zero-order valence-corrected chi connectivity index (χ0v) is 14.6. The van der Waals surface area contributed by atoms with Crippen molar-refractivity contribution >= 4 is 17.7 Å². The van der Waals surface area contributed by atoms with Crippen LogP contribution in [0.2, 0.25) is 0 Å². The lowest BCUT2D eigenvalue weighted by Gasteiger charge is -2.17. The van der Waals surface area contributed by atoms with Crippen molar-refractivity contribution in [3.63, 3.8) is 0 Å². The minimum absolute atomic E-state index is 0.0730. The van der Waals surface area contributed by atoms with Crippen molar-refractivity contribution in [2.24, 2.45) is 0 Å². The molecule has 3 nitrogen and oxygen atoms in total. The van der Waals surface area contributed by atoms with Gasteiger partial charge in [-0.05, 0) is 44.8 Å². The van der Waals surface area contributed by atoms with E-state index >= 15 is 0 Å². The smallest absolute Gasteiger partial charge is 0.237 e. The Kier molecular flexibility index (Phi) is 7.17. The molecule has 0 saturated carbocycles. The van der Waals surface area contributed by atoms with Crippen molar-refractivity contribution in [1.29, 1.82) is 0 Å². The van der Waals surface area contributed by atoms with Crippen LogP contribution in [0.1, 0.15) is 17.2 Å². The number of rotatable bonds is 8. The summed E-state index contributed by atoms with van der Waals surface area (Å²) in [7, 11) is 4.08. The van der Waals surface area contributed by atoms with Crippen LogP contribution in [0.25, 0.3) is 0 Å². The molecule has 0 aromatic heterocycles. The fourth-order valence-electron chi connectivity index (χ4n) is 2.24. The van der Waals surface area contributed by atoms with Crippen LogP contribution in [0.5, 0.6) is 0 Å². The maximum absolute atomic E-state index is 12.6. The quantitative estimate of drug-likeness (QED) is 0.594. The Labute approximate surface area is 143 Å².